The minimum absolute atomic E-state index is 0.0197. The molecule has 4 rings (SSSR count). The van der Waals surface area contributed by atoms with Crippen LogP contribution in [0.5, 0.6) is 0 Å². The third kappa shape index (κ3) is 3.82. The van der Waals surface area contributed by atoms with Gasteiger partial charge in [0.1, 0.15) is 0 Å². The van der Waals surface area contributed by atoms with E-state index in [1.807, 2.05) is 22.9 Å². The summed E-state index contributed by atoms with van der Waals surface area (Å²) in [6.07, 6.45) is 3.59. The molecule has 0 saturated carbocycles. The van der Waals surface area contributed by atoms with Gasteiger partial charge in [-0.15, -0.1) is 0 Å². The Labute approximate surface area is 180 Å². The molecular formula is C20H12ClN3O3S2. The van der Waals surface area contributed by atoms with Gasteiger partial charge < -0.3 is 4.57 Å². The predicted molar refractivity (Wildman–Crippen MR) is 120 cm³/mol. The molecular weight excluding hydrogens is 430 g/mol. The molecule has 144 valence electrons. The second-order valence-corrected chi connectivity index (χ2v) is 8.18. The second-order valence-electron chi connectivity index (χ2n) is 6.07. The standard InChI is InChI=1S/C20H12ClN3O3S2/c21-13-3-5-15(6-4-13)23-19(25)18(29-20(23)28)12-17-2-1-11-22(17)14-7-9-16(10-8-14)24(26)27/h1-12H/b18-12+. The maximum absolute atomic E-state index is 12.9. The van der Waals surface area contributed by atoms with Crippen molar-refractivity contribution in [3.05, 3.63) is 92.6 Å². The number of amides is 1. The van der Waals surface area contributed by atoms with E-state index < -0.39 is 4.92 Å². The zero-order chi connectivity index (χ0) is 20.5. The molecule has 29 heavy (non-hydrogen) atoms. The average Bonchev–Trinajstić information content (AvgIpc) is 3.27. The summed E-state index contributed by atoms with van der Waals surface area (Å²) in [5, 5.41) is 11.4. The molecule has 1 fully saturated rings. The summed E-state index contributed by atoms with van der Waals surface area (Å²) in [6.45, 7) is 0. The van der Waals surface area contributed by atoms with Gasteiger partial charge in [0.15, 0.2) is 4.32 Å². The van der Waals surface area contributed by atoms with Crippen molar-refractivity contribution in [2.75, 3.05) is 4.90 Å². The first kappa shape index (κ1) is 19.4. The van der Waals surface area contributed by atoms with Crippen LogP contribution in [0, 0.1) is 10.1 Å². The van der Waals surface area contributed by atoms with Crippen molar-refractivity contribution in [3.8, 4) is 5.69 Å². The highest BCUT2D eigenvalue weighted by molar-refractivity contribution is 8.27. The van der Waals surface area contributed by atoms with Gasteiger partial charge in [-0.1, -0.05) is 35.6 Å². The van der Waals surface area contributed by atoms with Crippen LogP contribution in [0.25, 0.3) is 11.8 Å². The first-order valence-corrected chi connectivity index (χ1v) is 10.00. The molecule has 2 aromatic carbocycles. The molecule has 6 nitrogen and oxygen atoms in total. The monoisotopic (exact) mass is 441 g/mol. The number of hydrogen-bond acceptors (Lipinski definition) is 5. The summed E-state index contributed by atoms with van der Waals surface area (Å²) in [4.78, 5) is 25.3. The smallest absolute Gasteiger partial charge is 0.270 e. The highest BCUT2D eigenvalue weighted by Crippen LogP contribution is 2.36. The number of halogens is 1. The molecule has 1 amide bonds. The van der Waals surface area contributed by atoms with Gasteiger partial charge in [0.25, 0.3) is 11.6 Å². The number of thiocarbonyl (C=S) groups is 1. The van der Waals surface area contributed by atoms with Crippen LogP contribution in [0.4, 0.5) is 11.4 Å². The SMILES string of the molecule is O=C1/C(=C\c2cccn2-c2ccc([N+](=O)[O-])cc2)SC(=S)N1c1ccc(Cl)cc1. The summed E-state index contributed by atoms with van der Waals surface area (Å²) < 4.78 is 2.29. The Bertz CT molecular complexity index is 1150. The lowest BCUT2D eigenvalue weighted by molar-refractivity contribution is -0.384. The van der Waals surface area contributed by atoms with Gasteiger partial charge in [0.2, 0.25) is 0 Å². The van der Waals surface area contributed by atoms with Crippen LogP contribution >= 0.6 is 35.6 Å². The van der Waals surface area contributed by atoms with Crippen molar-refractivity contribution in [1.82, 2.24) is 4.57 Å². The molecule has 0 atom stereocenters. The molecule has 1 saturated heterocycles. The number of benzene rings is 2. The number of nitrogens with zero attached hydrogens (tertiary/aromatic N) is 3. The molecule has 2 heterocycles. The number of aromatic nitrogens is 1. The Balaban J connectivity index is 1.65. The minimum Gasteiger partial charge on any atom is -0.317 e. The summed E-state index contributed by atoms with van der Waals surface area (Å²) in [6, 6.07) is 16.8. The first-order chi connectivity index (χ1) is 13.9. The van der Waals surface area contributed by atoms with E-state index in [0.717, 1.165) is 11.4 Å². The first-order valence-electron chi connectivity index (χ1n) is 8.40. The van der Waals surface area contributed by atoms with E-state index in [4.69, 9.17) is 23.8 Å². The topological polar surface area (TPSA) is 68.4 Å². The quantitative estimate of drug-likeness (QED) is 0.233. The van der Waals surface area contributed by atoms with Gasteiger partial charge in [-0.2, -0.15) is 0 Å². The van der Waals surface area contributed by atoms with Crippen LogP contribution < -0.4 is 4.90 Å². The fraction of sp³-hybridized carbons (Fsp3) is 0. The van der Waals surface area contributed by atoms with E-state index in [9.17, 15) is 14.9 Å². The van der Waals surface area contributed by atoms with Crippen LogP contribution in [-0.4, -0.2) is 19.7 Å². The molecule has 1 aromatic heterocycles. The lowest BCUT2D eigenvalue weighted by Crippen LogP contribution is -2.27. The van der Waals surface area contributed by atoms with E-state index in [1.165, 1.54) is 28.8 Å². The second kappa shape index (κ2) is 7.82. The van der Waals surface area contributed by atoms with Crippen LogP contribution in [0.15, 0.2) is 71.8 Å². The minimum atomic E-state index is -0.442. The van der Waals surface area contributed by atoms with Crippen LogP contribution in [0.2, 0.25) is 5.02 Å². The molecule has 0 spiro atoms. The number of carbonyl (C=O) groups is 1. The average molecular weight is 442 g/mol. The molecule has 0 radical (unpaired) electrons. The molecule has 3 aromatic rings. The Morgan fingerprint density at radius 3 is 2.34 bits per heavy atom. The number of rotatable bonds is 4. The summed E-state index contributed by atoms with van der Waals surface area (Å²) in [5.41, 5.74) is 2.19. The van der Waals surface area contributed by atoms with Crippen molar-refractivity contribution in [3.63, 3.8) is 0 Å². The number of carbonyl (C=O) groups excluding carboxylic acids is 1. The van der Waals surface area contributed by atoms with Crippen molar-refractivity contribution in [2.24, 2.45) is 0 Å². The maximum atomic E-state index is 12.9. The molecule has 9 heteroatoms. The lowest BCUT2D eigenvalue weighted by atomic mass is 10.2. The van der Waals surface area contributed by atoms with E-state index in [-0.39, 0.29) is 11.6 Å². The zero-order valence-electron chi connectivity index (χ0n) is 14.7. The molecule has 0 N–H and O–H groups in total. The van der Waals surface area contributed by atoms with Gasteiger partial charge >= 0.3 is 0 Å². The fourth-order valence-electron chi connectivity index (χ4n) is 2.90. The third-order valence-corrected chi connectivity index (χ3v) is 5.83. The zero-order valence-corrected chi connectivity index (χ0v) is 17.1. The van der Waals surface area contributed by atoms with Gasteiger partial charge in [-0.05, 0) is 54.6 Å². The number of nitro benzene ring substituents is 1. The van der Waals surface area contributed by atoms with Crippen LogP contribution in [-0.2, 0) is 4.79 Å². The van der Waals surface area contributed by atoms with E-state index in [1.54, 1.807) is 42.5 Å². The Morgan fingerprint density at radius 1 is 1.03 bits per heavy atom. The van der Waals surface area contributed by atoms with Gasteiger partial charge in [-0.3, -0.25) is 19.8 Å². The van der Waals surface area contributed by atoms with Gasteiger partial charge in [0.05, 0.1) is 15.5 Å². The predicted octanol–water partition coefficient (Wildman–Crippen LogP) is 5.44. The Kier molecular flexibility index (Phi) is 5.23. The highest BCUT2D eigenvalue weighted by Gasteiger charge is 2.33. The number of hydrogen-bond donors (Lipinski definition) is 0. The van der Waals surface area contributed by atoms with Crippen LogP contribution in [0.1, 0.15) is 5.69 Å². The number of thioether (sulfide) groups is 1. The van der Waals surface area contributed by atoms with Crippen molar-refractivity contribution in [2.45, 2.75) is 0 Å². The van der Waals surface area contributed by atoms with Crippen molar-refractivity contribution < 1.29 is 9.72 Å². The van der Waals surface area contributed by atoms with E-state index in [0.29, 0.717) is 19.9 Å². The number of anilines is 1. The molecule has 1 aliphatic heterocycles. The summed E-state index contributed by atoms with van der Waals surface area (Å²) in [7, 11) is 0. The Hall–Kier alpha value is -2.94. The molecule has 0 bridgehead atoms. The van der Waals surface area contributed by atoms with Gasteiger partial charge in [-0.25, -0.2) is 0 Å². The van der Waals surface area contributed by atoms with E-state index in [2.05, 4.69) is 0 Å². The number of non-ortho nitro benzene ring substituents is 1. The third-order valence-electron chi connectivity index (χ3n) is 4.28. The summed E-state index contributed by atoms with van der Waals surface area (Å²) >= 11 is 12.5. The summed E-state index contributed by atoms with van der Waals surface area (Å²) in [5.74, 6) is -0.209. The number of nitro groups is 1. The molecule has 0 unspecified atom stereocenters. The largest absolute Gasteiger partial charge is 0.317 e. The van der Waals surface area contributed by atoms with Crippen LogP contribution in [0.3, 0.4) is 0 Å². The molecule has 0 aliphatic carbocycles. The van der Waals surface area contributed by atoms with Crippen molar-refractivity contribution in [1.29, 1.82) is 0 Å². The molecule has 1 aliphatic rings. The Morgan fingerprint density at radius 2 is 1.69 bits per heavy atom. The maximum Gasteiger partial charge on any atom is 0.270 e. The highest BCUT2D eigenvalue weighted by atomic mass is 35.5. The fourth-order valence-corrected chi connectivity index (χ4v) is 4.31. The van der Waals surface area contributed by atoms with E-state index >= 15 is 0 Å². The van der Waals surface area contributed by atoms with Crippen molar-refractivity contribution >= 4 is 63.3 Å². The lowest BCUT2D eigenvalue weighted by Gasteiger charge is -2.14. The van der Waals surface area contributed by atoms with Gasteiger partial charge in [0, 0.05) is 34.7 Å². The normalized spacial score (nSPS) is 15.3.